The number of fused-ring (bicyclic) bond motifs is 1. The zero-order valence-corrected chi connectivity index (χ0v) is 12.5. The van der Waals surface area contributed by atoms with Gasteiger partial charge in [-0.05, 0) is 31.4 Å². The Balaban J connectivity index is 1.73. The first-order valence-corrected chi connectivity index (χ1v) is 8.09. The van der Waals surface area contributed by atoms with Crippen LogP contribution in [0.1, 0.15) is 61.3 Å². The van der Waals surface area contributed by atoms with E-state index in [0.29, 0.717) is 12.0 Å². The van der Waals surface area contributed by atoms with Crippen molar-refractivity contribution in [3.8, 4) is 0 Å². The fourth-order valence-corrected chi connectivity index (χ4v) is 3.93. The van der Waals surface area contributed by atoms with Gasteiger partial charge in [0.2, 0.25) is 0 Å². The van der Waals surface area contributed by atoms with Gasteiger partial charge in [0, 0.05) is 18.3 Å². The van der Waals surface area contributed by atoms with E-state index in [1.165, 1.54) is 43.4 Å². The van der Waals surface area contributed by atoms with Crippen molar-refractivity contribution in [3.05, 3.63) is 41.5 Å². The molecule has 2 heterocycles. The Morgan fingerprint density at radius 1 is 1.10 bits per heavy atom. The van der Waals surface area contributed by atoms with E-state index in [1.54, 1.807) is 0 Å². The summed E-state index contributed by atoms with van der Waals surface area (Å²) in [5.74, 6) is 2.56. The minimum atomic E-state index is 0.337. The van der Waals surface area contributed by atoms with Crippen LogP contribution in [-0.4, -0.2) is 21.3 Å². The molecule has 1 atom stereocenters. The smallest absolute Gasteiger partial charge is 0.142 e. The summed E-state index contributed by atoms with van der Waals surface area (Å²) in [6.07, 6.45) is 6.59. The van der Waals surface area contributed by atoms with Gasteiger partial charge in [0.1, 0.15) is 11.6 Å². The lowest BCUT2D eigenvalue weighted by Gasteiger charge is -2.26. The van der Waals surface area contributed by atoms with E-state index in [9.17, 15) is 0 Å². The van der Waals surface area contributed by atoms with E-state index in [-0.39, 0.29) is 0 Å². The molecule has 4 nitrogen and oxygen atoms in total. The largest absolute Gasteiger partial charge is 0.384 e. The summed E-state index contributed by atoms with van der Waals surface area (Å²) in [7, 11) is 0. The predicted octanol–water partition coefficient (Wildman–Crippen LogP) is 3.65. The lowest BCUT2D eigenvalue weighted by atomic mass is 9.94. The van der Waals surface area contributed by atoms with Crippen LogP contribution < -0.4 is 5.32 Å². The average molecular weight is 282 g/mol. The number of hydrogen-bond acceptors (Lipinski definition) is 3. The maximum absolute atomic E-state index is 4.54. The lowest BCUT2D eigenvalue weighted by molar-refractivity contribution is 0.339. The molecule has 1 unspecified atom stereocenters. The van der Waals surface area contributed by atoms with Crippen molar-refractivity contribution < 1.29 is 0 Å². The molecule has 1 fully saturated rings. The summed E-state index contributed by atoms with van der Waals surface area (Å²) in [5, 5.41) is 12.4. The summed E-state index contributed by atoms with van der Waals surface area (Å²) >= 11 is 0. The minimum Gasteiger partial charge on any atom is -0.384 e. The van der Waals surface area contributed by atoms with Crippen LogP contribution in [0.2, 0.25) is 0 Å². The van der Waals surface area contributed by atoms with Crippen LogP contribution in [0.15, 0.2) is 24.3 Å². The van der Waals surface area contributed by atoms with E-state index in [4.69, 9.17) is 0 Å². The number of aromatic nitrogens is 3. The molecule has 1 aromatic carbocycles. The van der Waals surface area contributed by atoms with Crippen molar-refractivity contribution in [2.24, 2.45) is 0 Å². The number of aryl methyl sites for hydroxylation is 1. The number of nitrogens with one attached hydrogen (secondary N) is 1. The molecule has 1 aliphatic carbocycles. The predicted molar refractivity (Wildman–Crippen MR) is 83.7 cm³/mol. The Labute approximate surface area is 125 Å². The highest BCUT2D eigenvalue weighted by Crippen LogP contribution is 2.38. The standard InChI is InChI=1S/C17H22N4/c1-12-19-20-17(21(12)13-7-3-2-4-8-13)15-11-18-16-10-6-5-9-14(15)16/h5-6,9-10,13,15,18H,2-4,7-8,11H2,1H3. The highest BCUT2D eigenvalue weighted by atomic mass is 15.3. The molecule has 2 aliphatic rings. The fraction of sp³-hybridized carbons (Fsp3) is 0.529. The van der Waals surface area contributed by atoms with Crippen LogP contribution in [0.25, 0.3) is 0 Å². The molecule has 4 rings (SSSR count). The third-order valence-corrected chi connectivity index (χ3v) is 4.98. The Hall–Kier alpha value is -1.84. The second-order valence-electron chi connectivity index (χ2n) is 6.29. The summed E-state index contributed by atoms with van der Waals surface area (Å²) < 4.78 is 2.42. The van der Waals surface area contributed by atoms with Crippen LogP contribution in [0, 0.1) is 6.92 Å². The molecule has 0 saturated heterocycles. The summed E-state index contributed by atoms with van der Waals surface area (Å²) in [5.41, 5.74) is 2.61. The van der Waals surface area contributed by atoms with Crippen LogP contribution in [-0.2, 0) is 0 Å². The fourth-order valence-electron chi connectivity index (χ4n) is 3.93. The van der Waals surface area contributed by atoms with E-state index in [1.807, 2.05) is 0 Å². The van der Waals surface area contributed by atoms with Gasteiger partial charge in [-0.1, -0.05) is 37.5 Å². The zero-order valence-electron chi connectivity index (χ0n) is 12.5. The molecule has 1 N–H and O–H groups in total. The third-order valence-electron chi connectivity index (χ3n) is 4.98. The van der Waals surface area contributed by atoms with E-state index < -0.39 is 0 Å². The number of para-hydroxylation sites is 1. The van der Waals surface area contributed by atoms with Gasteiger partial charge in [0.15, 0.2) is 0 Å². The average Bonchev–Trinajstić information content (AvgIpc) is 3.11. The Kier molecular flexibility index (Phi) is 3.17. The molecular weight excluding hydrogens is 260 g/mol. The quantitative estimate of drug-likeness (QED) is 0.914. The van der Waals surface area contributed by atoms with E-state index in [2.05, 4.69) is 51.3 Å². The molecule has 1 aromatic heterocycles. The van der Waals surface area contributed by atoms with Crippen LogP contribution in [0.5, 0.6) is 0 Å². The zero-order chi connectivity index (χ0) is 14.2. The van der Waals surface area contributed by atoms with Gasteiger partial charge in [-0.2, -0.15) is 0 Å². The van der Waals surface area contributed by atoms with E-state index >= 15 is 0 Å². The van der Waals surface area contributed by atoms with E-state index in [0.717, 1.165) is 18.2 Å². The molecule has 21 heavy (non-hydrogen) atoms. The minimum absolute atomic E-state index is 0.337. The molecule has 4 heteroatoms. The molecular formula is C17H22N4. The van der Waals surface area contributed by atoms with Crippen molar-refractivity contribution in [1.29, 1.82) is 0 Å². The van der Waals surface area contributed by atoms with Gasteiger partial charge >= 0.3 is 0 Å². The first-order valence-electron chi connectivity index (χ1n) is 8.09. The van der Waals surface area contributed by atoms with Crippen molar-refractivity contribution in [2.75, 3.05) is 11.9 Å². The van der Waals surface area contributed by atoms with Gasteiger partial charge in [-0.3, -0.25) is 0 Å². The Morgan fingerprint density at radius 3 is 2.76 bits per heavy atom. The van der Waals surface area contributed by atoms with Gasteiger partial charge < -0.3 is 9.88 Å². The molecule has 2 aromatic rings. The topological polar surface area (TPSA) is 42.7 Å². The monoisotopic (exact) mass is 282 g/mol. The van der Waals surface area contributed by atoms with Crippen LogP contribution in [0.4, 0.5) is 5.69 Å². The molecule has 0 bridgehead atoms. The van der Waals surface area contributed by atoms with Crippen molar-refractivity contribution in [3.63, 3.8) is 0 Å². The van der Waals surface area contributed by atoms with Gasteiger partial charge in [0.05, 0.1) is 5.92 Å². The molecule has 0 spiro atoms. The maximum atomic E-state index is 4.54. The van der Waals surface area contributed by atoms with Gasteiger partial charge in [-0.15, -0.1) is 10.2 Å². The number of rotatable bonds is 2. The number of hydrogen-bond donors (Lipinski definition) is 1. The van der Waals surface area contributed by atoms with Gasteiger partial charge in [0.25, 0.3) is 0 Å². The maximum Gasteiger partial charge on any atom is 0.142 e. The van der Waals surface area contributed by atoms with Crippen molar-refractivity contribution in [1.82, 2.24) is 14.8 Å². The molecule has 110 valence electrons. The Morgan fingerprint density at radius 2 is 1.90 bits per heavy atom. The summed E-state index contributed by atoms with van der Waals surface area (Å²) in [6, 6.07) is 9.17. The highest BCUT2D eigenvalue weighted by Gasteiger charge is 2.30. The molecule has 1 saturated carbocycles. The third kappa shape index (κ3) is 2.13. The first-order chi connectivity index (χ1) is 10.3. The lowest BCUT2D eigenvalue weighted by Crippen LogP contribution is -2.20. The first kappa shape index (κ1) is 12.9. The Bertz CT molecular complexity index is 640. The van der Waals surface area contributed by atoms with Crippen molar-refractivity contribution in [2.45, 2.75) is 51.0 Å². The normalized spacial score (nSPS) is 22.0. The second kappa shape index (κ2) is 5.17. The number of nitrogens with zero attached hydrogens (tertiary/aromatic N) is 3. The summed E-state index contributed by atoms with van der Waals surface area (Å²) in [6.45, 7) is 3.03. The molecule has 0 radical (unpaired) electrons. The molecule has 0 amide bonds. The summed E-state index contributed by atoms with van der Waals surface area (Å²) in [4.78, 5) is 0. The van der Waals surface area contributed by atoms with Crippen molar-refractivity contribution >= 4 is 5.69 Å². The number of benzene rings is 1. The van der Waals surface area contributed by atoms with Crippen LogP contribution >= 0.6 is 0 Å². The second-order valence-corrected chi connectivity index (χ2v) is 6.29. The SMILES string of the molecule is Cc1nnc(C2CNc3ccccc32)n1C1CCCCC1. The van der Waals surface area contributed by atoms with Crippen LogP contribution in [0.3, 0.4) is 0 Å². The number of anilines is 1. The van der Waals surface area contributed by atoms with Gasteiger partial charge in [-0.25, -0.2) is 0 Å². The molecule has 1 aliphatic heterocycles. The highest BCUT2D eigenvalue weighted by molar-refractivity contribution is 5.59.